The monoisotopic (exact) mass is 484 g/mol. The third-order valence-corrected chi connectivity index (χ3v) is 5.06. The Morgan fingerprint density at radius 1 is 0.636 bits per heavy atom. The first kappa shape index (κ1) is 26.4. The predicted molar refractivity (Wildman–Crippen MR) is 104 cm³/mol. The van der Waals surface area contributed by atoms with E-state index < -0.39 is 65.1 Å². The fourth-order valence-corrected chi connectivity index (χ4v) is 3.59. The van der Waals surface area contributed by atoms with Gasteiger partial charge in [-0.3, -0.25) is 0 Å². The summed E-state index contributed by atoms with van der Waals surface area (Å²) in [6.45, 7) is -0.981. The molecule has 0 radical (unpaired) electrons. The van der Waals surface area contributed by atoms with E-state index in [0.29, 0.717) is 24.3 Å². The Labute approximate surface area is 185 Å². The number of halogens is 6. The summed E-state index contributed by atoms with van der Waals surface area (Å²) in [5.41, 5.74) is -7.85. The van der Waals surface area contributed by atoms with Crippen LogP contribution in [-0.4, -0.2) is 51.0 Å². The van der Waals surface area contributed by atoms with Gasteiger partial charge in [-0.05, 0) is 35.4 Å². The predicted octanol–water partition coefficient (Wildman–Crippen LogP) is 4.82. The minimum absolute atomic E-state index is 0.354. The molecular weight excluding hydrogens is 462 g/mol. The topological polar surface area (TPSA) is 77.4 Å². The maximum absolute atomic E-state index is 14.6. The summed E-state index contributed by atoms with van der Waals surface area (Å²) in [4.78, 5) is 0. The molecular formula is C21H22F6O6. The van der Waals surface area contributed by atoms with Crippen molar-refractivity contribution in [3.05, 3.63) is 46.5 Å². The molecule has 0 saturated carbocycles. The third-order valence-electron chi connectivity index (χ3n) is 5.06. The van der Waals surface area contributed by atoms with Gasteiger partial charge in [-0.25, -0.2) is 0 Å². The Hall–Kier alpha value is -2.86. The molecule has 184 valence electrons. The Bertz CT molecular complexity index is 907. The number of ether oxygens (including phenoxy) is 4. The number of phenols is 2. The Balaban J connectivity index is 3.10. The van der Waals surface area contributed by atoms with Crippen LogP contribution in [0.1, 0.15) is 22.3 Å². The molecule has 0 aliphatic rings. The molecule has 2 rings (SSSR count). The second kappa shape index (κ2) is 9.56. The maximum Gasteiger partial charge on any atom is 0.411 e. The van der Waals surface area contributed by atoms with Gasteiger partial charge in [0.2, 0.25) is 5.41 Å². The Kier molecular flexibility index (Phi) is 7.64. The van der Waals surface area contributed by atoms with Gasteiger partial charge in [0.15, 0.2) is 23.0 Å². The molecule has 0 amide bonds. The van der Waals surface area contributed by atoms with Gasteiger partial charge in [0.25, 0.3) is 0 Å². The van der Waals surface area contributed by atoms with Crippen molar-refractivity contribution in [2.75, 3.05) is 28.4 Å². The quantitative estimate of drug-likeness (QED) is 0.524. The molecule has 0 fully saturated rings. The van der Waals surface area contributed by atoms with Crippen molar-refractivity contribution >= 4 is 0 Å². The molecule has 0 unspecified atom stereocenters. The van der Waals surface area contributed by atoms with Gasteiger partial charge in [0, 0.05) is 25.3 Å². The van der Waals surface area contributed by atoms with Crippen molar-refractivity contribution in [2.45, 2.75) is 31.0 Å². The van der Waals surface area contributed by atoms with Crippen molar-refractivity contribution in [2.24, 2.45) is 0 Å². The van der Waals surface area contributed by atoms with Crippen molar-refractivity contribution in [1.29, 1.82) is 0 Å². The van der Waals surface area contributed by atoms with Gasteiger partial charge in [-0.15, -0.1) is 0 Å². The average molecular weight is 484 g/mol. The molecule has 0 aliphatic carbocycles. The van der Waals surface area contributed by atoms with Crippen LogP contribution in [-0.2, 0) is 28.1 Å². The molecule has 2 aromatic rings. The molecule has 6 nitrogen and oxygen atoms in total. The van der Waals surface area contributed by atoms with Crippen molar-refractivity contribution in [3.63, 3.8) is 0 Å². The summed E-state index contributed by atoms with van der Waals surface area (Å²) in [5, 5.41) is 20.4. The number of aromatic hydroxyl groups is 2. The first-order valence-electron chi connectivity index (χ1n) is 9.22. The van der Waals surface area contributed by atoms with Crippen LogP contribution >= 0.6 is 0 Å². The van der Waals surface area contributed by atoms with E-state index in [1.807, 2.05) is 0 Å². The smallest absolute Gasteiger partial charge is 0.411 e. The van der Waals surface area contributed by atoms with E-state index in [1.54, 1.807) is 0 Å². The number of methoxy groups -OCH3 is 4. The lowest BCUT2D eigenvalue weighted by molar-refractivity contribution is -0.288. The Morgan fingerprint density at radius 2 is 0.970 bits per heavy atom. The van der Waals surface area contributed by atoms with Gasteiger partial charge in [0.1, 0.15) is 0 Å². The van der Waals surface area contributed by atoms with Crippen LogP contribution in [0.25, 0.3) is 0 Å². The molecule has 12 heteroatoms. The third kappa shape index (κ3) is 4.49. The van der Waals surface area contributed by atoms with Crippen LogP contribution in [0.5, 0.6) is 23.0 Å². The van der Waals surface area contributed by atoms with Crippen LogP contribution < -0.4 is 9.47 Å². The van der Waals surface area contributed by atoms with Gasteiger partial charge in [0.05, 0.1) is 27.4 Å². The van der Waals surface area contributed by atoms with Crippen molar-refractivity contribution in [1.82, 2.24) is 0 Å². The first-order chi connectivity index (χ1) is 15.3. The fraction of sp³-hybridized carbons (Fsp3) is 0.429. The zero-order valence-electron chi connectivity index (χ0n) is 18.0. The molecule has 0 spiro atoms. The van der Waals surface area contributed by atoms with Crippen LogP contribution in [0.15, 0.2) is 24.3 Å². The average Bonchev–Trinajstić information content (AvgIpc) is 2.70. The SMILES string of the molecule is COCc1cc(C(c2cc(COC)c(O)c(OC)c2)(C(F)(F)F)C(F)(F)F)cc(OC)c1O. The van der Waals surface area contributed by atoms with Gasteiger partial charge in [-0.1, -0.05) is 0 Å². The highest BCUT2D eigenvalue weighted by Crippen LogP contribution is 2.58. The summed E-state index contributed by atoms with van der Waals surface area (Å²) in [5.74, 6) is -2.55. The van der Waals surface area contributed by atoms with E-state index in [9.17, 15) is 36.6 Å². The standard InChI is InChI=1S/C21H22F6O6/c1-30-9-11-5-13(7-15(32-3)17(11)28)19(20(22,23)24,21(25,26)27)14-6-12(10-31-2)18(29)16(8-14)33-4/h5-8,28-29H,9-10H2,1-4H3. The molecule has 0 aromatic heterocycles. The van der Waals surface area contributed by atoms with E-state index in [2.05, 4.69) is 0 Å². The molecule has 0 atom stereocenters. The highest BCUT2D eigenvalue weighted by Gasteiger charge is 2.73. The molecule has 33 heavy (non-hydrogen) atoms. The van der Waals surface area contributed by atoms with Gasteiger partial charge in [-0.2, -0.15) is 26.3 Å². The number of phenolic OH excluding ortho intramolecular Hbond substituents is 2. The normalized spacial score (nSPS) is 12.7. The number of rotatable bonds is 8. The van der Waals surface area contributed by atoms with Crippen LogP contribution in [0.3, 0.4) is 0 Å². The van der Waals surface area contributed by atoms with E-state index in [-0.39, 0.29) is 11.1 Å². The fourth-order valence-electron chi connectivity index (χ4n) is 3.59. The van der Waals surface area contributed by atoms with Crippen LogP contribution in [0.4, 0.5) is 26.3 Å². The zero-order valence-corrected chi connectivity index (χ0v) is 18.0. The van der Waals surface area contributed by atoms with Gasteiger partial charge < -0.3 is 29.2 Å². The van der Waals surface area contributed by atoms with Gasteiger partial charge >= 0.3 is 12.4 Å². The molecule has 0 heterocycles. The summed E-state index contributed by atoms with van der Waals surface area (Å²) in [7, 11) is 4.28. The van der Waals surface area contributed by atoms with Crippen molar-refractivity contribution in [3.8, 4) is 23.0 Å². The number of benzene rings is 2. The number of hydrogen-bond acceptors (Lipinski definition) is 6. The summed E-state index contributed by atoms with van der Waals surface area (Å²) < 4.78 is 107. The molecule has 2 aromatic carbocycles. The summed E-state index contributed by atoms with van der Waals surface area (Å²) in [6.07, 6.45) is -11.9. The van der Waals surface area contributed by atoms with Crippen LogP contribution in [0.2, 0.25) is 0 Å². The van der Waals surface area contributed by atoms with E-state index in [4.69, 9.17) is 18.9 Å². The lowest BCUT2D eigenvalue weighted by atomic mass is 9.71. The minimum Gasteiger partial charge on any atom is -0.504 e. The minimum atomic E-state index is -5.93. The highest BCUT2D eigenvalue weighted by molar-refractivity contribution is 5.58. The van der Waals surface area contributed by atoms with E-state index >= 15 is 0 Å². The maximum atomic E-state index is 14.6. The molecule has 0 saturated heterocycles. The molecule has 0 aliphatic heterocycles. The largest absolute Gasteiger partial charge is 0.504 e. The zero-order chi connectivity index (χ0) is 25.2. The first-order valence-corrected chi connectivity index (χ1v) is 9.22. The second-order valence-electron chi connectivity index (χ2n) is 6.98. The van der Waals surface area contributed by atoms with E-state index in [1.165, 1.54) is 0 Å². The summed E-state index contributed by atoms with van der Waals surface area (Å²) in [6, 6.07) is 2.03. The van der Waals surface area contributed by atoms with Crippen LogP contribution in [0, 0.1) is 0 Å². The lowest BCUT2D eigenvalue weighted by Gasteiger charge is -2.39. The number of alkyl halides is 6. The molecule has 0 bridgehead atoms. The second-order valence-corrected chi connectivity index (χ2v) is 6.98. The number of hydrogen-bond donors (Lipinski definition) is 2. The summed E-state index contributed by atoms with van der Waals surface area (Å²) >= 11 is 0. The molecule has 2 N–H and O–H groups in total. The lowest BCUT2D eigenvalue weighted by Crippen LogP contribution is -2.54. The Morgan fingerprint density at radius 3 is 1.21 bits per heavy atom. The van der Waals surface area contributed by atoms with Crippen molar-refractivity contribution < 1.29 is 55.5 Å². The van der Waals surface area contributed by atoms with E-state index in [0.717, 1.165) is 28.4 Å². The highest BCUT2D eigenvalue weighted by atomic mass is 19.4.